The molecule has 5 heteroatoms. The summed E-state index contributed by atoms with van der Waals surface area (Å²) in [6, 6.07) is 3.80. The van der Waals surface area contributed by atoms with Gasteiger partial charge in [-0.05, 0) is 11.6 Å². The van der Waals surface area contributed by atoms with E-state index in [4.69, 9.17) is 16.6 Å². The number of carboxylic acids is 1. The Morgan fingerprint density at radius 2 is 2.14 bits per heavy atom. The molecule has 1 aromatic rings. The Kier molecular flexibility index (Phi) is 3.06. The van der Waals surface area contributed by atoms with Crippen molar-refractivity contribution in [3.63, 3.8) is 0 Å². The van der Waals surface area contributed by atoms with E-state index in [1.165, 1.54) is 12.1 Å². The van der Waals surface area contributed by atoms with Gasteiger partial charge in [0.05, 0.1) is 0 Å². The second-order valence-corrected chi connectivity index (χ2v) is 2.89. The zero-order valence-electron chi connectivity index (χ0n) is 7.47. The molecule has 0 aliphatic rings. The molecule has 1 aromatic carbocycles. The summed E-state index contributed by atoms with van der Waals surface area (Å²) in [6.45, 7) is 0.129. The maximum absolute atomic E-state index is 10.8. The van der Waals surface area contributed by atoms with Crippen LogP contribution in [0.15, 0.2) is 18.2 Å². The zero-order valence-corrected chi connectivity index (χ0v) is 7.47. The van der Waals surface area contributed by atoms with Gasteiger partial charge in [0.2, 0.25) is 0 Å². The Morgan fingerprint density at radius 3 is 2.64 bits per heavy atom. The number of aromatic hydroxyl groups is 1. The molecule has 6 N–H and O–H groups in total. The van der Waals surface area contributed by atoms with Crippen molar-refractivity contribution in [3.8, 4) is 5.75 Å². The SMILES string of the molecule is NCC(N)c1cccc(O)c1C(=O)O. The summed E-state index contributed by atoms with van der Waals surface area (Å²) in [5.74, 6) is -1.50. The fourth-order valence-corrected chi connectivity index (χ4v) is 1.23. The van der Waals surface area contributed by atoms with Crippen LogP contribution >= 0.6 is 0 Å². The number of phenols is 1. The first-order chi connectivity index (χ1) is 6.57. The van der Waals surface area contributed by atoms with E-state index in [-0.39, 0.29) is 17.9 Å². The highest BCUT2D eigenvalue weighted by Gasteiger charge is 2.18. The largest absolute Gasteiger partial charge is 0.507 e. The monoisotopic (exact) mass is 196 g/mol. The van der Waals surface area contributed by atoms with Gasteiger partial charge in [-0.15, -0.1) is 0 Å². The quantitative estimate of drug-likeness (QED) is 0.546. The Bertz CT molecular complexity index is 352. The van der Waals surface area contributed by atoms with Crippen LogP contribution in [0.1, 0.15) is 22.0 Å². The van der Waals surface area contributed by atoms with Crippen LogP contribution in [0.3, 0.4) is 0 Å². The highest BCUT2D eigenvalue weighted by atomic mass is 16.4. The number of carboxylic acid groups (broad SMARTS) is 1. The van der Waals surface area contributed by atoms with Crippen molar-refractivity contribution in [1.29, 1.82) is 0 Å². The minimum atomic E-state index is -1.21. The molecular weight excluding hydrogens is 184 g/mol. The van der Waals surface area contributed by atoms with E-state index < -0.39 is 12.0 Å². The predicted octanol–water partition coefficient (Wildman–Crippen LogP) is 0.0489. The average molecular weight is 196 g/mol. The van der Waals surface area contributed by atoms with E-state index in [9.17, 15) is 9.90 Å². The van der Waals surface area contributed by atoms with Gasteiger partial charge in [-0.3, -0.25) is 0 Å². The lowest BCUT2D eigenvalue weighted by atomic mass is 10.00. The fourth-order valence-electron chi connectivity index (χ4n) is 1.23. The number of hydrogen-bond acceptors (Lipinski definition) is 4. The lowest BCUT2D eigenvalue weighted by Gasteiger charge is -2.12. The Hall–Kier alpha value is -1.59. The van der Waals surface area contributed by atoms with E-state index >= 15 is 0 Å². The number of rotatable bonds is 3. The topological polar surface area (TPSA) is 110 Å². The summed E-state index contributed by atoms with van der Waals surface area (Å²) in [7, 11) is 0. The second kappa shape index (κ2) is 4.08. The van der Waals surface area contributed by atoms with Crippen molar-refractivity contribution in [1.82, 2.24) is 0 Å². The highest BCUT2D eigenvalue weighted by molar-refractivity contribution is 5.92. The van der Waals surface area contributed by atoms with E-state index in [0.717, 1.165) is 0 Å². The van der Waals surface area contributed by atoms with Crippen LogP contribution in [0.5, 0.6) is 5.75 Å². The van der Waals surface area contributed by atoms with Crippen molar-refractivity contribution in [2.75, 3.05) is 6.54 Å². The van der Waals surface area contributed by atoms with Crippen molar-refractivity contribution < 1.29 is 15.0 Å². The maximum Gasteiger partial charge on any atom is 0.339 e. The van der Waals surface area contributed by atoms with Crippen LogP contribution in [-0.4, -0.2) is 22.7 Å². The Morgan fingerprint density at radius 1 is 1.50 bits per heavy atom. The highest BCUT2D eigenvalue weighted by Crippen LogP contribution is 2.24. The standard InChI is InChI=1S/C9H12N2O3/c10-4-6(11)5-2-1-3-7(12)8(5)9(13)14/h1-3,6,12H,4,10-11H2,(H,13,14). The lowest BCUT2D eigenvalue weighted by Crippen LogP contribution is -2.23. The van der Waals surface area contributed by atoms with Gasteiger partial charge in [0.15, 0.2) is 0 Å². The first kappa shape index (κ1) is 10.5. The number of aromatic carboxylic acids is 1. The van der Waals surface area contributed by atoms with E-state index in [1.807, 2.05) is 0 Å². The third-order valence-electron chi connectivity index (χ3n) is 1.94. The molecule has 0 amide bonds. The Balaban J connectivity index is 3.28. The molecule has 0 aliphatic heterocycles. The van der Waals surface area contributed by atoms with Crippen LogP contribution < -0.4 is 11.5 Å². The molecule has 76 valence electrons. The van der Waals surface area contributed by atoms with Crippen LogP contribution in [0.25, 0.3) is 0 Å². The maximum atomic E-state index is 10.8. The summed E-state index contributed by atoms with van der Waals surface area (Å²) in [5.41, 5.74) is 11.1. The normalized spacial score (nSPS) is 12.4. The molecule has 0 saturated carbocycles. The molecule has 0 aliphatic carbocycles. The van der Waals surface area contributed by atoms with Gasteiger partial charge in [0.25, 0.3) is 0 Å². The van der Waals surface area contributed by atoms with Crippen molar-refractivity contribution in [3.05, 3.63) is 29.3 Å². The average Bonchev–Trinajstić information content (AvgIpc) is 2.15. The van der Waals surface area contributed by atoms with Crippen LogP contribution in [0, 0.1) is 0 Å². The van der Waals surface area contributed by atoms with Crippen LogP contribution in [0.4, 0.5) is 0 Å². The van der Waals surface area contributed by atoms with Gasteiger partial charge < -0.3 is 21.7 Å². The number of nitrogens with two attached hydrogens (primary N) is 2. The van der Waals surface area contributed by atoms with Gasteiger partial charge in [-0.1, -0.05) is 12.1 Å². The zero-order chi connectivity index (χ0) is 10.7. The molecule has 0 radical (unpaired) electrons. The first-order valence-electron chi connectivity index (χ1n) is 4.08. The molecule has 14 heavy (non-hydrogen) atoms. The van der Waals surface area contributed by atoms with Crippen molar-refractivity contribution in [2.24, 2.45) is 11.5 Å². The van der Waals surface area contributed by atoms with E-state index in [1.54, 1.807) is 6.07 Å². The van der Waals surface area contributed by atoms with Crippen LogP contribution in [-0.2, 0) is 0 Å². The second-order valence-electron chi connectivity index (χ2n) is 2.89. The molecule has 1 atom stereocenters. The number of hydrogen-bond donors (Lipinski definition) is 4. The van der Waals surface area contributed by atoms with Gasteiger partial charge in [0, 0.05) is 12.6 Å². The summed E-state index contributed by atoms with van der Waals surface area (Å²) in [5, 5.41) is 18.2. The summed E-state index contributed by atoms with van der Waals surface area (Å²) in [4.78, 5) is 10.8. The summed E-state index contributed by atoms with van der Waals surface area (Å²) in [6.07, 6.45) is 0. The van der Waals surface area contributed by atoms with Gasteiger partial charge in [-0.2, -0.15) is 0 Å². The van der Waals surface area contributed by atoms with Gasteiger partial charge in [-0.25, -0.2) is 4.79 Å². The third-order valence-corrected chi connectivity index (χ3v) is 1.94. The minimum absolute atomic E-state index is 0.129. The number of benzene rings is 1. The fraction of sp³-hybridized carbons (Fsp3) is 0.222. The molecule has 1 unspecified atom stereocenters. The predicted molar refractivity (Wildman–Crippen MR) is 51.0 cm³/mol. The lowest BCUT2D eigenvalue weighted by molar-refractivity contribution is 0.0692. The third kappa shape index (κ3) is 1.84. The molecular formula is C9H12N2O3. The molecule has 0 aromatic heterocycles. The summed E-state index contributed by atoms with van der Waals surface area (Å²) < 4.78 is 0. The van der Waals surface area contributed by atoms with E-state index in [0.29, 0.717) is 5.56 Å². The van der Waals surface area contributed by atoms with Crippen molar-refractivity contribution in [2.45, 2.75) is 6.04 Å². The molecule has 0 saturated heterocycles. The number of carbonyl (C=O) groups is 1. The molecule has 1 rings (SSSR count). The first-order valence-corrected chi connectivity index (χ1v) is 4.08. The molecule has 5 nitrogen and oxygen atoms in total. The Labute approximate surface area is 81.0 Å². The minimum Gasteiger partial charge on any atom is -0.507 e. The molecule has 0 heterocycles. The van der Waals surface area contributed by atoms with Crippen LogP contribution in [0.2, 0.25) is 0 Å². The molecule has 0 spiro atoms. The van der Waals surface area contributed by atoms with Crippen molar-refractivity contribution >= 4 is 5.97 Å². The molecule has 0 bridgehead atoms. The summed E-state index contributed by atoms with van der Waals surface area (Å²) >= 11 is 0. The van der Waals surface area contributed by atoms with E-state index in [2.05, 4.69) is 0 Å². The smallest absolute Gasteiger partial charge is 0.339 e. The van der Waals surface area contributed by atoms with Gasteiger partial charge in [0.1, 0.15) is 11.3 Å². The van der Waals surface area contributed by atoms with Gasteiger partial charge >= 0.3 is 5.97 Å². The molecule has 0 fully saturated rings.